The zero-order valence-electron chi connectivity index (χ0n) is 17.9. The molecular formula is C18H19ClN6O8S2. The lowest BCUT2D eigenvalue weighted by molar-refractivity contribution is -0.151. The van der Waals surface area contributed by atoms with Crippen LogP contribution in [0.5, 0.6) is 0 Å². The lowest BCUT2D eigenvalue weighted by Crippen LogP contribution is -2.71. The average Bonchev–Trinajstić information content (AvgIpc) is 3.26. The number of alkyl halides is 1. The third-order valence-corrected chi connectivity index (χ3v) is 7.10. The van der Waals surface area contributed by atoms with Crippen molar-refractivity contribution in [2.75, 3.05) is 18.2 Å². The number of hydrogen-bond donors (Lipinski definition) is 5. The Hall–Kier alpha value is -3.37. The number of carbonyl (C=O) groups is 6. The number of fused-ring (bicyclic) bond motifs is 1. The zero-order valence-corrected chi connectivity index (χ0v) is 20.3. The highest BCUT2D eigenvalue weighted by Gasteiger charge is 2.54. The van der Waals surface area contributed by atoms with Crippen molar-refractivity contribution < 1.29 is 38.6 Å². The molecule has 17 heteroatoms. The largest absolute Gasteiger partial charge is 0.477 e. The number of nitrogens with two attached hydrogens (primary N) is 1. The van der Waals surface area contributed by atoms with Gasteiger partial charge in [0, 0.05) is 23.6 Å². The number of nitrogens with zero attached hydrogens (tertiary/aromatic N) is 2. The fraction of sp³-hybridized carbons (Fsp3) is 0.389. The van der Waals surface area contributed by atoms with Gasteiger partial charge in [0.15, 0.2) is 10.8 Å². The Morgan fingerprint density at radius 3 is 2.71 bits per heavy atom. The van der Waals surface area contributed by atoms with E-state index < -0.39 is 53.1 Å². The van der Waals surface area contributed by atoms with Crippen molar-refractivity contribution in [1.29, 1.82) is 0 Å². The number of thioether (sulfide) groups is 1. The summed E-state index contributed by atoms with van der Waals surface area (Å²) in [6, 6.07) is -3.47. The van der Waals surface area contributed by atoms with Crippen molar-refractivity contribution in [2.45, 2.75) is 24.4 Å². The lowest BCUT2D eigenvalue weighted by atomic mass is 10.0. The van der Waals surface area contributed by atoms with Crippen LogP contribution in [-0.2, 0) is 28.7 Å². The molecule has 1 aromatic heterocycles. The Morgan fingerprint density at radius 2 is 2.11 bits per heavy atom. The first-order valence-corrected chi connectivity index (χ1v) is 12.2. The summed E-state index contributed by atoms with van der Waals surface area (Å²) in [5.74, 6) is -4.29. The van der Waals surface area contributed by atoms with E-state index in [4.69, 9.17) is 22.1 Å². The van der Waals surface area contributed by atoms with Crippen molar-refractivity contribution in [2.24, 2.45) is 10.7 Å². The van der Waals surface area contributed by atoms with Crippen molar-refractivity contribution in [1.82, 2.24) is 20.5 Å². The second-order valence-corrected chi connectivity index (χ2v) is 9.37. The summed E-state index contributed by atoms with van der Waals surface area (Å²) in [5, 5.41) is 15.0. The number of aliphatic carboxylic acids is 1. The first-order chi connectivity index (χ1) is 16.5. The first kappa shape index (κ1) is 26.2. The first-order valence-electron chi connectivity index (χ1n) is 9.74. The summed E-state index contributed by atoms with van der Waals surface area (Å²) >= 11 is 7.57. The maximum absolute atomic E-state index is 13.0. The van der Waals surface area contributed by atoms with Gasteiger partial charge in [-0.15, -0.1) is 34.7 Å². The number of primary amides is 1. The Kier molecular flexibility index (Phi) is 8.18. The topological polar surface area (TPSA) is 213 Å². The van der Waals surface area contributed by atoms with Gasteiger partial charge < -0.3 is 31.2 Å². The number of carbonyl (C=O) groups excluding carboxylic acids is 5. The van der Waals surface area contributed by atoms with E-state index in [1.807, 2.05) is 0 Å². The molecule has 3 heterocycles. The number of carboxylic acids is 1. The minimum atomic E-state index is -1.38. The monoisotopic (exact) mass is 546 g/mol. The molecule has 2 unspecified atom stereocenters. The van der Waals surface area contributed by atoms with Crippen LogP contribution in [0.1, 0.15) is 18.7 Å². The normalized spacial score (nSPS) is 20.5. The van der Waals surface area contributed by atoms with Crippen LogP contribution in [0.4, 0.5) is 4.79 Å². The molecule has 3 rings (SSSR count). The predicted molar refractivity (Wildman–Crippen MR) is 122 cm³/mol. The smallest absolute Gasteiger partial charge is 0.352 e. The van der Waals surface area contributed by atoms with Gasteiger partial charge in [0.25, 0.3) is 11.8 Å². The van der Waals surface area contributed by atoms with E-state index in [0.29, 0.717) is 0 Å². The van der Waals surface area contributed by atoms with E-state index in [9.17, 15) is 33.9 Å². The molecule has 2 aliphatic heterocycles. The number of aromatic amines is 1. The number of ether oxygens (including phenoxy) is 1. The summed E-state index contributed by atoms with van der Waals surface area (Å²) in [6.07, 6.45) is 0. The fourth-order valence-corrected chi connectivity index (χ4v) is 5.44. The predicted octanol–water partition coefficient (Wildman–Crippen LogP) is -1.25. The van der Waals surface area contributed by atoms with E-state index in [1.54, 1.807) is 0 Å². The number of rotatable bonds is 8. The Labute approximate surface area is 209 Å². The fourth-order valence-electron chi connectivity index (χ4n) is 3.29. The highest BCUT2D eigenvalue weighted by atomic mass is 35.5. The van der Waals surface area contributed by atoms with Crippen LogP contribution < -0.4 is 21.2 Å². The molecule has 0 radical (unpaired) electrons. The summed E-state index contributed by atoms with van der Waals surface area (Å²) in [6.45, 7) is 0.893. The van der Waals surface area contributed by atoms with E-state index in [2.05, 4.69) is 20.6 Å². The molecule has 1 aromatic rings. The molecule has 5 amide bonds. The van der Waals surface area contributed by atoms with Crippen LogP contribution in [0, 0.1) is 0 Å². The SMILES string of the molecule is CC(=O)OCC1=C(C(=O)O)N2C(=O)[C@H](NC(=O)C(NC(N)=O)c3cs/c(=N/C(=O)CCl)[nH]3)C2SC1. The molecule has 35 heavy (non-hydrogen) atoms. The third kappa shape index (κ3) is 5.83. The van der Waals surface area contributed by atoms with E-state index >= 15 is 0 Å². The van der Waals surface area contributed by atoms with Crippen LogP contribution >= 0.6 is 34.7 Å². The number of esters is 1. The van der Waals surface area contributed by atoms with Crippen LogP contribution in [0.3, 0.4) is 0 Å². The number of carboxylic acid groups (broad SMARTS) is 1. The average molecular weight is 547 g/mol. The quantitative estimate of drug-likeness (QED) is 0.149. The summed E-state index contributed by atoms with van der Waals surface area (Å²) in [5.41, 5.74) is 5.26. The maximum Gasteiger partial charge on any atom is 0.352 e. The minimum absolute atomic E-state index is 0.125. The molecule has 1 fully saturated rings. The van der Waals surface area contributed by atoms with Gasteiger partial charge in [0.05, 0.1) is 5.69 Å². The molecule has 3 atom stereocenters. The second kappa shape index (κ2) is 10.9. The van der Waals surface area contributed by atoms with Crippen molar-refractivity contribution in [3.63, 3.8) is 0 Å². The number of H-pyrrole nitrogens is 1. The van der Waals surface area contributed by atoms with Gasteiger partial charge in [-0.25, -0.2) is 9.59 Å². The zero-order chi connectivity index (χ0) is 25.9. The van der Waals surface area contributed by atoms with Crippen LogP contribution in [0.2, 0.25) is 0 Å². The number of nitrogens with one attached hydrogen (secondary N) is 3. The molecule has 0 spiro atoms. The van der Waals surface area contributed by atoms with Gasteiger partial charge in [-0.05, 0) is 0 Å². The number of thiazole rings is 1. The number of hydrogen-bond acceptors (Lipinski definition) is 9. The molecular weight excluding hydrogens is 528 g/mol. The number of aromatic nitrogens is 1. The molecule has 0 aliphatic carbocycles. The van der Waals surface area contributed by atoms with Crippen molar-refractivity contribution in [3.8, 4) is 0 Å². The van der Waals surface area contributed by atoms with Gasteiger partial charge in [0.1, 0.15) is 29.6 Å². The van der Waals surface area contributed by atoms with Crippen molar-refractivity contribution >= 4 is 70.4 Å². The van der Waals surface area contributed by atoms with E-state index in [1.165, 1.54) is 24.1 Å². The number of urea groups is 1. The summed E-state index contributed by atoms with van der Waals surface area (Å²) in [4.78, 5) is 79.1. The van der Waals surface area contributed by atoms with Gasteiger partial charge in [0.2, 0.25) is 5.91 Å². The molecule has 14 nitrogen and oxygen atoms in total. The van der Waals surface area contributed by atoms with Crippen LogP contribution in [0.25, 0.3) is 0 Å². The van der Waals surface area contributed by atoms with E-state index in [0.717, 1.165) is 16.2 Å². The molecule has 0 aromatic carbocycles. The Morgan fingerprint density at radius 1 is 1.40 bits per heavy atom. The third-order valence-electron chi connectivity index (χ3n) is 4.75. The highest BCUT2D eigenvalue weighted by Crippen LogP contribution is 2.40. The van der Waals surface area contributed by atoms with Crippen molar-refractivity contribution in [3.05, 3.63) is 27.1 Å². The number of amides is 5. The summed E-state index contributed by atoms with van der Waals surface area (Å²) in [7, 11) is 0. The van der Waals surface area contributed by atoms with Gasteiger partial charge in [-0.1, -0.05) is 0 Å². The Balaban J connectivity index is 1.79. The standard InChI is InChI=1S/C18H19ClN6O8S2/c1-6(26)33-3-7-4-34-15-11(14(29)25(15)12(7)16(30)31)23-13(28)10(24-17(20)32)8-5-35-18(21-8)22-9(27)2-19/h5,10-11,15H,2-4H2,1H3,(H,23,28)(H,30,31)(H3,20,24,32)(H,21,22,27)/t10?,11-,15?/m0/s1. The molecule has 2 aliphatic rings. The maximum atomic E-state index is 13.0. The molecule has 0 bridgehead atoms. The number of halogens is 1. The van der Waals surface area contributed by atoms with E-state index in [-0.39, 0.29) is 40.0 Å². The molecule has 188 valence electrons. The van der Waals surface area contributed by atoms with Gasteiger partial charge >= 0.3 is 18.0 Å². The highest BCUT2D eigenvalue weighted by molar-refractivity contribution is 8.00. The molecule has 0 saturated carbocycles. The number of β-lactam (4-membered cyclic amide) rings is 1. The summed E-state index contributed by atoms with van der Waals surface area (Å²) < 4.78 is 4.87. The van der Waals surface area contributed by atoms with Gasteiger partial charge in [-0.2, -0.15) is 4.99 Å². The van der Waals surface area contributed by atoms with Gasteiger partial charge in [-0.3, -0.25) is 24.1 Å². The second-order valence-electron chi connectivity index (χ2n) is 7.14. The Bertz CT molecular complexity index is 1190. The minimum Gasteiger partial charge on any atom is -0.477 e. The lowest BCUT2D eigenvalue weighted by Gasteiger charge is -2.49. The van der Waals surface area contributed by atoms with Crippen LogP contribution in [0.15, 0.2) is 21.6 Å². The van der Waals surface area contributed by atoms with Crippen LogP contribution in [-0.4, -0.2) is 80.3 Å². The molecule has 1 saturated heterocycles. The molecule has 6 N–H and O–H groups in total.